The number of aryl methyl sites for hydroxylation is 1. The third-order valence-electron chi connectivity index (χ3n) is 2.96. The molecule has 2 N–H and O–H groups in total. The van der Waals surface area contributed by atoms with Crippen LogP contribution in [0.2, 0.25) is 0 Å². The van der Waals surface area contributed by atoms with E-state index in [-0.39, 0.29) is 0 Å². The molecule has 1 heterocycles. The highest BCUT2D eigenvalue weighted by Crippen LogP contribution is 2.31. The Hall–Kier alpha value is -1.77. The van der Waals surface area contributed by atoms with E-state index in [1.165, 1.54) is 5.56 Å². The van der Waals surface area contributed by atoms with Crippen molar-refractivity contribution in [3.63, 3.8) is 0 Å². The van der Waals surface area contributed by atoms with Gasteiger partial charge in [-0.2, -0.15) is 0 Å². The van der Waals surface area contributed by atoms with Crippen molar-refractivity contribution in [3.05, 3.63) is 35.4 Å². The number of hydrogen-bond acceptors (Lipinski definition) is 3. The van der Waals surface area contributed by atoms with Gasteiger partial charge in [0.1, 0.15) is 0 Å². The summed E-state index contributed by atoms with van der Waals surface area (Å²) in [5.41, 5.74) is 9.27. The van der Waals surface area contributed by atoms with E-state index in [1.54, 1.807) is 0 Å². The Morgan fingerprint density at radius 3 is 2.71 bits per heavy atom. The molecule has 0 unspecified atom stereocenters. The second-order valence-corrected chi connectivity index (χ2v) is 4.14. The van der Waals surface area contributed by atoms with Crippen molar-refractivity contribution >= 4 is 5.82 Å². The monoisotopic (exact) mass is 230 g/mol. The molecule has 90 valence electrons. The molecule has 3 nitrogen and oxygen atoms in total. The van der Waals surface area contributed by atoms with Crippen LogP contribution in [0.5, 0.6) is 0 Å². The van der Waals surface area contributed by atoms with Gasteiger partial charge in [-0.1, -0.05) is 49.7 Å². The molecule has 17 heavy (non-hydrogen) atoms. The number of nitrogens with two attached hydrogens (primary N) is 1. The van der Waals surface area contributed by atoms with Gasteiger partial charge >= 0.3 is 0 Å². The number of nitrogen functional groups attached to an aromatic ring is 1. The van der Waals surface area contributed by atoms with Crippen LogP contribution in [0.3, 0.4) is 0 Å². The summed E-state index contributed by atoms with van der Waals surface area (Å²) in [6, 6.07) is 8.24. The predicted octanol–water partition coefficient (Wildman–Crippen LogP) is 3.44. The summed E-state index contributed by atoms with van der Waals surface area (Å²) in [7, 11) is 0. The van der Waals surface area contributed by atoms with Crippen molar-refractivity contribution in [2.75, 3.05) is 5.73 Å². The molecule has 2 rings (SSSR count). The largest absolute Gasteiger partial charge is 0.381 e. The van der Waals surface area contributed by atoms with Gasteiger partial charge in [0.15, 0.2) is 11.6 Å². The zero-order valence-electron chi connectivity index (χ0n) is 10.4. The molecule has 1 aromatic heterocycles. The summed E-state index contributed by atoms with van der Waals surface area (Å²) in [6.45, 7) is 4.26. The van der Waals surface area contributed by atoms with Gasteiger partial charge < -0.3 is 10.3 Å². The molecule has 0 amide bonds. The standard InChI is InChI=1S/C14H18N2O/c1-3-7-12-13(17-16-14(12)15)11-9-6-5-8-10(11)4-2/h5-6,8-9H,3-4,7H2,1-2H3,(H2,15,16). The van der Waals surface area contributed by atoms with Gasteiger partial charge in [-0.3, -0.25) is 0 Å². The molecule has 0 saturated carbocycles. The first-order valence-corrected chi connectivity index (χ1v) is 6.10. The molecule has 0 spiro atoms. The van der Waals surface area contributed by atoms with Crippen LogP contribution in [0.25, 0.3) is 11.3 Å². The smallest absolute Gasteiger partial charge is 0.172 e. The van der Waals surface area contributed by atoms with Crippen LogP contribution in [-0.4, -0.2) is 5.16 Å². The highest BCUT2D eigenvalue weighted by Gasteiger charge is 2.16. The average Bonchev–Trinajstić information content (AvgIpc) is 2.72. The molecule has 0 radical (unpaired) electrons. The van der Waals surface area contributed by atoms with Crippen LogP contribution < -0.4 is 5.73 Å². The van der Waals surface area contributed by atoms with Crippen LogP contribution >= 0.6 is 0 Å². The van der Waals surface area contributed by atoms with E-state index in [1.807, 2.05) is 12.1 Å². The molecule has 1 aromatic carbocycles. The van der Waals surface area contributed by atoms with Gasteiger partial charge in [-0.05, 0) is 18.4 Å². The lowest BCUT2D eigenvalue weighted by Gasteiger charge is -2.06. The molecule has 2 aromatic rings. The maximum atomic E-state index is 5.85. The van der Waals surface area contributed by atoms with Gasteiger partial charge in [0.2, 0.25) is 0 Å². The van der Waals surface area contributed by atoms with E-state index in [9.17, 15) is 0 Å². The third-order valence-corrected chi connectivity index (χ3v) is 2.96. The van der Waals surface area contributed by atoms with E-state index in [0.717, 1.165) is 36.1 Å². The second kappa shape index (κ2) is 5.04. The molecule has 0 aliphatic rings. The average molecular weight is 230 g/mol. The van der Waals surface area contributed by atoms with Crippen LogP contribution in [0, 0.1) is 0 Å². The Morgan fingerprint density at radius 1 is 1.24 bits per heavy atom. The summed E-state index contributed by atoms with van der Waals surface area (Å²) in [6.07, 6.45) is 2.91. The number of nitrogens with zero attached hydrogens (tertiary/aromatic N) is 1. The van der Waals surface area contributed by atoms with Crippen LogP contribution in [-0.2, 0) is 12.8 Å². The Balaban J connectivity index is 2.52. The highest BCUT2D eigenvalue weighted by molar-refractivity contribution is 5.69. The van der Waals surface area contributed by atoms with E-state index >= 15 is 0 Å². The fourth-order valence-corrected chi connectivity index (χ4v) is 2.07. The van der Waals surface area contributed by atoms with Crippen LogP contribution in [0.4, 0.5) is 5.82 Å². The molecular formula is C14H18N2O. The van der Waals surface area contributed by atoms with Crippen LogP contribution in [0.1, 0.15) is 31.4 Å². The third kappa shape index (κ3) is 2.18. The minimum atomic E-state index is 0.521. The van der Waals surface area contributed by atoms with Gasteiger partial charge in [-0.15, -0.1) is 0 Å². The molecule has 0 bridgehead atoms. The maximum absolute atomic E-state index is 5.85. The first kappa shape index (κ1) is 11.7. The molecule has 0 aliphatic heterocycles. The number of anilines is 1. The number of hydrogen-bond donors (Lipinski definition) is 1. The lowest BCUT2D eigenvalue weighted by atomic mass is 9.99. The van der Waals surface area contributed by atoms with Crippen molar-refractivity contribution in [1.82, 2.24) is 5.16 Å². The topological polar surface area (TPSA) is 52.0 Å². The quantitative estimate of drug-likeness (QED) is 0.875. The minimum absolute atomic E-state index is 0.521. The molecule has 0 aliphatic carbocycles. The molecule has 0 atom stereocenters. The van der Waals surface area contributed by atoms with Crippen LogP contribution in [0.15, 0.2) is 28.8 Å². The van der Waals surface area contributed by atoms with Crippen molar-refractivity contribution in [3.8, 4) is 11.3 Å². The first-order valence-electron chi connectivity index (χ1n) is 6.10. The number of rotatable bonds is 4. The summed E-state index contributed by atoms with van der Waals surface area (Å²) in [5.74, 6) is 1.36. The van der Waals surface area contributed by atoms with Crippen molar-refractivity contribution < 1.29 is 4.52 Å². The van der Waals surface area contributed by atoms with Crippen molar-refractivity contribution in [2.45, 2.75) is 33.1 Å². The number of benzene rings is 1. The SMILES string of the molecule is CCCc1c(N)noc1-c1ccccc1CC. The zero-order valence-corrected chi connectivity index (χ0v) is 10.4. The van der Waals surface area contributed by atoms with Crippen molar-refractivity contribution in [1.29, 1.82) is 0 Å². The molecule has 0 saturated heterocycles. The Kier molecular flexibility index (Phi) is 3.47. The minimum Gasteiger partial charge on any atom is -0.381 e. The van der Waals surface area contributed by atoms with Crippen molar-refractivity contribution in [2.24, 2.45) is 0 Å². The molecule has 3 heteroatoms. The number of aromatic nitrogens is 1. The zero-order chi connectivity index (χ0) is 12.3. The summed E-state index contributed by atoms with van der Waals surface area (Å²) in [5, 5.41) is 3.89. The highest BCUT2D eigenvalue weighted by atomic mass is 16.5. The van der Waals surface area contributed by atoms with Gasteiger partial charge in [0, 0.05) is 11.1 Å². The van der Waals surface area contributed by atoms with Gasteiger partial charge in [0.05, 0.1) is 0 Å². The fraction of sp³-hybridized carbons (Fsp3) is 0.357. The van der Waals surface area contributed by atoms with E-state index in [0.29, 0.717) is 5.82 Å². The summed E-state index contributed by atoms with van der Waals surface area (Å²) >= 11 is 0. The van der Waals surface area contributed by atoms with Gasteiger partial charge in [0.25, 0.3) is 0 Å². The first-order chi connectivity index (χ1) is 8.27. The van der Waals surface area contributed by atoms with Gasteiger partial charge in [-0.25, -0.2) is 0 Å². The molecular weight excluding hydrogens is 212 g/mol. The molecule has 0 fully saturated rings. The normalized spacial score (nSPS) is 10.7. The summed E-state index contributed by atoms with van der Waals surface area (Å²) < 4.78 is 5.40. The Labute approximate surface area is 102 Å². The lowest BCUT2D eigenvalue weighted by Crippen LogP contribution is -1.94. The maximum Gasteiger partial charge on any atom is 0.172 e. The predicted molar refractivity (Wildman–Crippen MR) is 69.7 cm³/mol. The lowest BCUT2D eigenvalue weighted by molar-refractivity contribution is 0.434. The van der Waals surface area contributed by atoms with E-state index < -0.39 is 0 Å². The Morgan fingerprint density at radius 2 is 2.00 bits per heavy atom. The summed E-state index contributed by atoms with van der Waals surface area (Å²) in [4.78, 5) is 0. The Bertz CT molecular complexity index is 503. The second-order valence-electron chi connectivity index (χ2n) is 4.14. The fourth-order valence-electron chi connectivity index (χ4n) is 2.07. The van der Waals surface area contributed by atoms with E-state index in [4.69, 9.17) is 10.3 Å². The van der Waals surface area contributed by atoms with E-state index in [2.05, 4.69) is 31.1 Å².